The molecule has 0 aromatic heterocycles. The highest BCUT2D eigenvalue weighted by molar-refractivity contribution is 5.95. The maximum atomic E-state index is 13.3. The number of aliphatic carboxylic acids is 1. The third kappa shape index (κ3) is 2.14. The average Bonchev–Trinajstić information content (AvgIpc) is 2.36. The smallest absolute Gasteiger partial charge is 0.460 e. The van der Waals surface area contributed by atoms with Crippen LogP contribution in [0.3, 0.4) is 0 Å². The Morgan fingerprint density at radius 2 is 2.05 bits per heavy atom. The van der Waals surface area contributed by atoms with Crippen LogP contribution in [0.4, 0.5) is 13.2 Å². The monoisotopic (exact) mass is 288 g/mol. The fourth-order valence-corrected chi connectivity index (χ4v) is 1.96. The van der Waals surface area contributed by atoms with E-state index >= 15 is 0 Å². The zero-order chi connectivity index (χ0) is 15.0. The number of carbonyl (C=O) groups is 1. The summed E-state index contributed by atoms with van der Waals surface area (Å²) in [6, 6.07) is 5.85. The molecule has 0 fully saturated rings. The number of halogens is 3. The van der Waals surface area contributed by atoms with E-state index in [2.05, 4.69) is 4.74 Å². The van der Waals surface area contributed by atoms with Crippen LogP contribution in [0.5, 0.6) is 5.75 Å². The summed E-state index contributed by atoms with van der Waals surface area (Å²) in [5.74, 6) is -5.12. The number of para-hydroxylation sites is 1. The van der Waals surface area contributed by atoms with E-state index in [4.69, 9.17) is 9.84 Å². The Morgan fingerprint density at radius 1 is 1.40 bits per heavy atom. The van der Waals surface area contributed by atoms with Gasteiger partial charge in [-0.3, -0.25) is 0 Å². The summed E-state index contributed by atoms with van der Waals surface area (Å²) in [6.07, 6.45) is -4.11. The third-order valence-electron chi connectivity index (χ3n) is 2.78. The van der Waals surface area contributed by atoms with Gasteiger partial charge in [-0.15, -0.1) is 0 Å². The molecule has 2 rings (SSSR count). The highest BCUT2D eigenvalue weighted by atomic mass is 19.4. The Balaban J connectivity index is 2.66. The first-order valence-corrected chi connectivity index (χ1v) is 5.76. The molecule has 1 aromatic rings. The van der Waals surface area contributed by atoms with Crippen LogP contribution in [0.25, 0.3) is 6.08 Å². The predicted molar refractivity (Wildman–Crippen MR) is 63.1 cm³/mol. The van der Waals surface area contributed by atoms with Crippen LogP contribution in [0, 0.1) is 0 Å². The summed E-state index contributed by atoms with van der Waals surface area (Å²) in [5.41, 5.74) is -0.741. The van der Waals surface area contributed by atoms with Gasteiger partial charge in [-0.2, -0.15) is 13.2 Å². The van der Waals surface area contributed by atoms with Gasteiger partial charge in [-0.1, -0.05) is 18.2 Å². The molecule has 1 atom stereocenters. The Bertz CT molecular complexity index is 565. The van der Waals surface area contributed by atoms with E-state index in [-0.39, 0.29) is 17.9 Å². The molecule has 1 aliphatic rings. The molecule has 1 aromatic carbocycles. The number of fused-ring (bicyclic) bond motifs is 1. The molecule has 0 bridgehead atoms. The van der Waals surface area contributed by atoms with E-state index in [9.17, 15) is 18.0 Å². The highest BCUT2D eigenvalue weighted by Crippen LogP contribution is 2.46. The molecule has 7 heteroatoms. The number of carboxylic acid groups (broad SMARTS) is 1. The molecule has 1 unspecified atom stereocenters. The van der Waals surface area contributed by atoms with Crippen LogP contribution in [0.2, 0.25) is 0 Å². The second-order valence-electron chi connectivity index (χ2n) is 4.05. The number of hydrogen-bond acceptors (Lipinski definition) is 3. The van der Waals surface area contributed by atoms with Gasteiger partial charge in [0, 0.05) is 12.2 Å². The summed E-state index contributed by atoms with van der Waals surface area (Å²) in [7, 11) is 0. The number of carboxylic acids is 1. The number of rotatable bonds is 3. The standard InChI is InChI=1S/C13H11F3O4/c1-2-19-12(13(14,15)16)9(11(17)18)7-8-5-3-4-6-10(8)20-12/h3-7H,2H2,1H3,(H,17,18). The van der Waals surface area contributed by atoms with Crippen molar-refractivity contribution in [2.24, 2.45) is 0 Å². The number of benzene rings is 1. The van der Waals surface area contributed by atoms with Crippen LogP contribution in [0.1, 0.15) is 12.5 Å². The van der Waals surface area contributed by atoms with Crippen LogP contribution >= 0.6 is 0 Å². The molecule has 1 N–H and O–H groups in total. The minimum absolute atomic E-state index is 0.0803. The van der Waals surface area contributed by atoms with Gasteiger partial charge < -0.3 is 14.6 Å². The van der Waals surface area contributed by atoms with Gasteiger partial charge >= 0.3 is 17.9 Å². The molecular weight excluding hydrogens is 277 g/mol. The molecule has 20 heavy (non-hydrogen) atoms. The number of alkyl halides is 3. The van der Waals surface area contributed by atoms with Crippen molar-refractivity contribution < 1.29 is 32.5 Å². The second kappa shape index (κ2) is 4.82. The molecule has 1 aliphatic heterocycles. The molecule has 0 saturated carbocycles. The first-order chi connectivity index (χ1) is 9.32. The molecule has 0 aliphatic carbocycles. The summed E-state index contributed by atoms with van der Waals surface area (Å²) in [6.45, 7) is 0.975. The highest BCUT2D eigenvalue weighted by Gasteiger charge is 2.65. The largest absolute Gasteiger partial charge is 0.478 e. The maximum Gasteiger partial charge on any atom is 0.460 e. The molecule has 1 heterocycles. The predicted octanol–water partition coefficient (Wildman–Crippen LogP) is 2.84. The normalized spacial score (nSPS) is 21.7. The second-order valence-corrected chi connectivity index (χ2v) is 4.05. The number of ether oxygens (including phenoxy) is 2. The first kappa shape index (κ1) is 14.4. The minimum Gasteiger partial charge on any atom is -0.478 e. The van der Waals surface area contributed by atoms with Gasteiger partial charge in [-0.05, 0) is 19.1 Å². The lowest BCUT2D eigenvalue weighted by atomic mass is 9.98. The van der Waals surface area contributed by atoms with Gasteiger partial charge in [0.25, 0.3) is 0 Å². The van der Waals surface area contributed by atoms with E-state index in [0.717, 1.165) is 6.08 Å². The lowest BCUT2D eigenvalue weighted by Gasteiger charge is -2.38. The van der Waals surface area contributed by atoms with Crippen molar-refractivity contribution in [3.63, 3.8) is 0 Å². The fourth-order valence-electron chi connectivity index (χ4n) is 1.96. The molecular formula is C13H11F3O4. The Kier molecular flexibility index (Phi) is 3.47. The van der Waals surface area contributed by atoms with Crippen molar-refractivity contribution in [2.45, 2.75) is 18.9 Å². The molecule has 0 radical (unpaired) electrons. The Hall–Kier alpha value is -2.02. The molecule has 0 saturated heterocycles. The van der Waals surface area contributed by atoms with Gasteiger partial charge in [0.05, 0.1) is 0 Å². The molecule has 108 valence electrons. The van der Waals surface area contributed by atoms with E-state index < -0.39 is 23.5 Å². The van der Waals surface area contributed by atoms with Gasteiger partial charge in [-0.25, -0.2) is 4.79 Å². The lowest BCUT2D eigenvalue weighted by Crippen LogP contribution is -2.56. The summed E-state index contributed by atoms with van der Waals surface area (Å²) >= 11 is 0. The quantitative estimate of drug-likeness (QED) is 0.929. The maximum absolute atomic E-state index is 13.3. The first-order valence-electron chi connectivity index (χ1n) is 5.76. The molecule has 4 nitrogen and oxygen atoms in total. The molecule has 0 spiro atoms. The van der Waals surface area contributed by atoms with E-state index in [0.29, 0.717) is 0 Å². The van der Waals surface area contributed by atoms with Crippen molar-refractivity contribution in [2.75, 3.05) is 6.61 Å². The van der Waals surface area contributed by atoms with Gasteiger partial charge in [0.15, 0.2) is 0 Å². The summed E-state index contributed by atoms with van der Waals surface area (Å²) < 4.78 is 49.6. The minimum atomic E-state index is -5.03. The van der Waals surface area contributed by atoms with Crippen LogP contribution < -0.4 is 4.74 Å². The molecule has 0 amide bonds. The Labute approximate surface area is 112 Å². The van der Waals surface area contributed by atoms with Crippen LogP contribution in [-0.2, 0) is 9.53 Å². The van der Waals surface area contributed by atoms with Crippen molar-refractivity contribution >= 4 is 12.0 Å². The summed E-state index contributed by atoms with van der Waals surface area (Å²) in [5, 5.41) is 9.06. The Morgan fingerprint density at radius 3 is 2.60 bits per heavy atom. The van der Waals surface area contributed by atoms with E-state index in [1.54, 1.807) is 6.07 Å². The number of hydrogen-bond donors (Lipinski definition) is 1. The topological polar surface area (TPSA) is 55.8 Å². The fraction of sp³-hybridized carbons (Fsp3) is 0.308. The van der Waals surface area contributed by atoms with Gasteiger partial charge in [0.1, 0.15) is 11.3 Å². The zero-order valence-electron chi connectivity index (χ0n) is 10.4. The third-order valence-corrected chi connectivity index (χ3v) is 2.78. The zero-order valence-corrected chi connectivity index (χ0v) is 10.4. The van der Waals surface area contributed by atoms with Crippen LogP contribution in [0.15, 0.2) is 29.8 Å². The SMILES string of the molecule is CCOC1(C(F)(F)F)Oc2ccccc2C=C1C(=O)O. The van der Waals surface area contributed by atoms with E-state index in [1.165, 1.54) is 25.1 Å². The van der Waals surface area contributed by atoms with Crippen molar-refractivity contribution in [3.05, 3.63) is 35.4 Å². The van der Waals surface area contributed by atoms with Gasteiger partial charge in [0.2, 0.25) is 0 Å². The van der Waals surface area contributed by atoms with Crippen molar-refractivity contribution in [3.8, 4) is 5.75 Å². The van der Waals surface area contributed by atoms with E-state index in [1.807, 2.05) is 0 Å². The lowest BCUT2D eigenvalue weighted by molar-refractivity contribution is -0.332. The average molecular weight is 288 g/mol. The summed E-state index contributed by atoms with van der Waals surface area (Å²) in [4.78, 5) is 11.2. The van der Waals surface area contributed by atoms with Crippen molar-refractivity contribution in [1.29, 1.82) is 0 Å². The van der Waals surface area contributed by atoms with Crippen LogP contribution in [-0.4, -0.2) is 29.6 Å². The van der Waals surface area contributed by atoms with Crippen molar-refractivity contribution in [1.82, 2.24) is 0 Å².